The number of ketones is 1. The summed E-state index contributed by atoms with van der Waals surface area (Å²) in [6.45, 7) is 1.25. The molecule has 0 saturated heterocycles. The highest BCUT2D eigenvalue weighted by atomic mass is 16.5. The fourth-order valence-electron chi connectivity index (χ4n) is 1.38. The van der Waals surface area contributed by atoms with Gasteiger partial charge in [-0.3, -0.25) is 14.4 Å². The van der Waals surface area contributed by atoms with Crippen LogP contribution in [-0.2, 0) is 9.59 Å². The summed E-state index contributed by atoms with van der Waals surface area (Å²) >= 11 is 0. The van der Waals surface area contributed by atoms with Gasteiger partial charge in [0.2, 0.25) is 0 Å². The summed E-state index contributed by atoms with van der Waals surface area (Å²) in [6.07, 6.45) is 0. The number of para-hydroxylation sites is 1. The van der Waals surface area contributed by atoms with Crippen LogP contribution in [0.25, 0.3) is 0 Å². The Morgan fingerprint density at radius 2 is 2.07 bits per heavy atom. The lowest BCUT2D eigenvalue weighted by molar-refractivity contribution is -0.131. The zero-order valence-electron chi connectivity index (χ0n) is 7.87. The number of nitrogens with one attached hydrogen (secondary N) is 1. The summed E-state index contributed by atoms with van der Waals surface area (Å²) in [5, 5.41) is 2.36. The molecule has 1 amide bonds. The van der Waals surface area contributed by atoms with Gasteiger partial charge in [0.25, 0.3) is 11.7 Å². The predicted octanol–water partition coefficient (Wildman–Crippen LogP) is 0.747. The zero-order valence-corrected chi connectivity index (χ0v) is 7.87. The van der Waals surface area contributed by atoms with Gasteiger partial charge in [-0.2, -0.15) is 0 Å². The number of hydrogen-bond donors (Lipinski definition) is 1. The first-order valence-electron chi connectivity index (χ1n) is 4.26. The molecule has 5 nitrogen and oxygen atoms in total. The van der Waals surface area contributed by atoms with Gasteiger partial charge in [0.05, 0.1) is 11.3 Å². The number of esters is 1. The second kappa shape index (κ2) is 3.20. The first kappa shape index (κ1) is 9.39. The van der Waals surface area contributed by atoms with E-state index in [1.165, 1.54) is 19.1 Å². The fraction of sp³-hybridized carbons (Fsp3) is 0.100. The van der Waals surface area contributed by atoms with E-state index in [1.54, 1.807) is 6.07 Å². The topological polar surface area (TPSA) is 72.5 Å². The molecule has 0 fully saturated rings. The quantitative estimate of drug-likeness (QED) is 0.417. The molecule has 1 aliphatic heterocycles. The molecular weight excluding hydrogens is 198 g/mol. The van der Waals surface area contributed by atoms with Crippen LogP contribution in [0.3, 0.4) is 0 Å². The van der Waals surface area contributed by atoms with Crippen LogP contribution in [0.1, 0.15) is 17.3 Å². The Balaban J connectivity index is 2.49. The van der Waals surface area contributed by atoms with Gasteiger partial charge in [0, 0.05) is 6.92 Å². The van der Waals surface area contributed by atoms with Crippen molar-refractivity contribution < 1.29 is 19.1 Å². The molecule has 0 aliphatic carbocycles. The summed E-state index contributed by atoms with van der Waals surface area (Å²) in [7, 11) is 0. The van der Waals surface area contributed by atoms with E-state index in [0.29, 0.717) is 0 Å². The second-order valence-corrected chi connectivity index (χ2v) is 3.06. The number of fused-ring (bicyclic) bond motifs is 1. The summed E-state index contributed by atoms with van der Waals surface area (Å²) < 4.78 is 4.85. The number of carbonyl (C=O) groups is 3. The van der Waals surface area contributed by atoms with Crippen molar-refractivity contribution in [2.75, 3.05) is 5.32 Å². The van der Waals surface area contributed by atoms with Gasteiger partial charge in [-0.1, -0.05) is 6.07 Å². The summed E-state index contributed by atoms with van der Waals surface area (Å²) in [5.41, 5.74) is 0.501. The molecular formula is C10H7NO4. The molecule has 0 saturated carbocycles. The molecule has 0 radical (unpaired) electrons. The third-order valence-corrected chi connectivity index (χ3v) is 1.97. The maximum absolute atomic E-state index is 11.3. The normalized spacial score (nSPS) is 13.4. The molecule has 1 aromatic carbocycles. The number of carbonyl (C=O) groups excluding carboxylic acids is 3. The number of Topliss-reactive ketones (excluding diaryl/α,β-unsaturated/α-hetero) is 1. The Hall–Kier alpha value is -2.17. The lowest BCUT2D eigenvalue weighted by Gasteiger charge is -2.05. The molecule has 1 aliphatic rings. The van der Waals surface area contributed by atoms with Gasteiger partial charge in [0.15, 0.2) is 5.75 Å². The SMILES string of the molecule is CC(=O)Oc1cccc2c1NC(=O)C2=O. The van der Waals surface area contributed by atoms with E-state index in [2.05, 4.69) is 5.32 Å². The largest absolute Gasteiger partial charge is 0.424 e. The van der Waals surface area contributed by atoms with Crippen molar-refractivity contribution in [3.05, 3.63) is 23.8 Å². The molecule has 0 bridgehead atoms. The summed E-state index contributed by atoms with van der Waals surface area (Å²) in [5.74, 6) is -1.63. The molecule has 15 heavy (non-hydrogen) atoms. The van der Waals surface area contributed by atoms with E-state index in [9.17, 15) is 14.4 Å². The molecule has 1 heterocycles. The van der Waals surface area contributed by atoms with Gasteiger partial charge in [0.1, 0.15) is 0 Å². The standard InChI is InChI=1S/C10H7NO4/c1-5(12)15-7-4-2-3-6-8(7)11-10(14)9(6)13/h2-4H,1H3,(H,11,13,14). The second-order valence-electron chi connectivity index (χ2n) is 3.06. The summed E-state index contributed by atoms with van der Waals surface area (Å²) in [4.78, 5) is 33.1. The van der Waals surface area contributed by atoms with E-state index in [1.807, 2.05) is 0 Å². The Labute approximate surface area is 85.0 Å². The minimum absolute atomic E-state index is 0.194. The maximum Gasteiger partial charge on any atom is 0.308 e. The smallest absolute Gasteiger partial charge is 0.308 e. The number of rotatable bonds is 1. The van der Waals surface area contributed by atoms with Gasteiger partial charge in [-0.25, -0.2) is 0 Å². The molecule has 1 aromatic rings. The van der Waals surface area contributed by atoms with Crippen LogP contribution in [0.4, 0.5) is 5.69 Å². The first-order chi connectivity index (χ1) is 7.09. The van der Waals surface area contributed by atoms with Crippen LogP contribution >= 0.6 is 0 Å². The van der Waals surface area contributed by atoms with Crippen LogP contribution < -0.4 is 10.1 Å². The predicted molar refractivity (Wildman–Crippen MR) is 50.7 cm³/mol. The molecule has 1 N–H and O–H groups in total. The van der Waals surface area contributed by atoms with E-state index in [0.717, 1.165) is 0 Å². The molecule has 0 unspecified atom stereocenters. The van der Waals surface area contributed by atoms with Crippen LogP contribution in [0.2, 0.25) is 0 Å². The Kier molecular flexibility index (Phi) is 2.00. The lowest BCUT2D eigenvalue weighted by Crippen LogP contribution is -2.12. The average Bonchev–Trinajstić information content (AvgIpc) is 2.45. The van der Waals surface area contributed by atoms with E-state index < -0.39 is 17.7 Å². The molecule has 5 heteroatoms. The minimum atomic E-state index is -0.704. The van der Waals surface area contributed by atoms with Gasteiger partial charge < -0.3 is 10.1 Å². The third-order valence-electron chi connectivity index (χ3n) is 1.97. The highest BCUT2D eigenvalue weighted by Gasteiger charge is 2.30. The molecule has 2 rings (SSSR count). The monoisotopic (exact) mass is 205 g/mol. The Bertz CT molecular complexity index is 478. The van der Waals surface area contributed by atoms with Gasteiger partial charge in [-0.15, -0.1) is 0 Å². The highest BCUT2D eigenvalue weighted by molar-refractivity contribution is 6.52. The summed E-state index contributed by atoms with van der Waals surface area (Å²) in [6, 6.07) is 4.57. The first-order valence-corrected chi connectivity index (χ1v) is 4.26. The molecule has 76 valence electrons. The number of anilines is 1. The van der Waals surface area contributed by atoms with Gasteiger partial charge in [-0.05, 0) is 12.1 Å². The van der Waals surface area contributed by atoms with Crippen molar-refractivity contribution in [1.82, 2.24) is 0 Å². The Morgan fingerprint density at radius 3 is 2.73 bits per heavy atom. The number of amides is 1. The molecule has 0 atom stereocenters. The van der Waals surface area contributed by atoms with E-state index in [4.69, 9.17) is 4.74 Å². The van der Waals surface area contributed by atoms with Crippen LogP contribution in [0.5, 0.6) is 5.75 Å². The van der Waals surface area contributed by atoms with Crippen molar-refractivity contribution in [2.24, 2.45) is 0 Å². The van der Waals surface area contributed by atoms with Crippen LogP contribution in [0.15, 0.2) is 18.2 Å². The van der Waals surface area contributed by atoms with Crippen LogP contribution in [-0.4, -0.2) is 17.7 Å². The van der Waals surface area contributed by atoms with E-state index >= 15 is 0 Å². The van der Waals surface area contributed by atoms with Crippen molar-refractivity contribution in [3.8, 4) is 5.75 Å². The zero-order chi connectivity index (χ0) is 11.0. The maximum atomic E-state index is 11.3. The van der Waals surface area contributed by atoms with Crippen molar-refractivity contribution in [2.45, 2.75) is 6.92 Å². The molecule has 0 spiro atoms. The number of ether oxygens (including phenoxy) is 1. The average molecular weight is 205 g/mol. The Morgan fingerprint density at radius 1 is 1.33 bits per heavy atom. The third kappa shape index (κ3) is 1.48. The molecule has 0 aromatic heterocycles. The minimum Gasteiger partial charge on any atom is -0.424 e. The van der Waals surface area contributed by atoms with E-state index in [-0.39, 0.29) is 17.0 Å². The van der Waals surface area contributed by atoms with Crippen molar-refractivity contribution in [1.29, 1.82) is 0 Å². The number of benzene rings is 1. The highest BCUT2D eigenvalue weighted by Crippen LogP contribution is 2.32. The lowest BCUT2D eigenvalue weighted by atomic mass is 10.1. The number of hydrogen-bond acceptors (Lipinski definition) is 4. The van der Waals surface area contributed by atoms with Crippen molar-refractivity contribution in [3.63, 3.8) is 0 Å². The van der Waals surface area contributed by atoms with Crippen molar-refractivity contribution >= 4 is 23.3 Å². The fourth-order valence-corrected chi connectivity index (χ4v) is 1.38. The van der Waals surface area contributed by atoms with Gasteiger partial charge >= 0.3 is 5.97 Å². The van der Waals surface area contributed by atoms with Crippen LogP contribution in [0, 0.1) is 0 Å².